The molecule has 0 saturated heterocycles. The molecule has 2 aliphatic rings. The quantitative estimate of drug-likeness (QED) is 0.698. The van der Waals surface area contributed by atoms with Crippen LogP contribution in [0.25, 0.3) is 0 Å². The third-order valence-electron chi connectivity index (χ3n) is 2.86. The Morgan fingerprint density at radius 2 is 2.23 bits per heavy atom. The summed E-state index contributed by atoms with van der Waals surface area (Å²) in [5.41, 5.74) is 0.506. The van der Waals surface area contributed by atoms with Crippen LogP contribution >= 0.6 is 11.8 Å². The van der Waals surface area contributed by atoms with Crippen LogP contribution in [-0.2, 0) is 0 Å². The predicted molar refractivity (Wildman–Crippen MR) is 59.2 cm³/mol. The normalized spacial score (nSPS) is 36.7. The summed E-state index contributed by atoms with van der Waals surface area (Å²) in [7, 11) is 0. The zero-order valence-electron chi connectivity index (χ0n) is 8.63. The number of hydrogen-bond donors (Lipinski definition) is 1. The highest BCUT2D eigenvalue weighted by Crippen LogP contribution is 2.45. The zero-order chi connectivity index (χ0) is 9.47. The van der Waals surface area contributed by atoms with Crippen LogP contribution < -0.4 is 5.32 Å². The third-order valence-corrected chi connectivity index (χ3v) is 4.12. The van der Waals surface area contributed by atoms with E-state index in [-0.39, 0.29) is 0 Å². The van der Waals surface area contributed by atoms with Crippen molar-refractivity contribution in [2.24, 2.45) is 16.3 Å². The van der Waals surface area contributed by atoms with Gasteiger partial charge >= 0.3 is 0 Å². The lowest BCUT2D eigenvalue weighted by atomic mass is 10.2. The van der Waals surface area contributed by atoms with Gasteiger partial charge in [-0.15, -0.1) is 0 Å². The van der Waals surface area contributed by atoms with Gasteiger partial charge in [-0.25, -0.2) is 0 Å². The minimum absolute atomic E-state index is 0.506. The van der Waals surface area contributed by atoms with Gasteiger partial charge < -0.3 is 5.32 Å². The van der Waals surface area contributed by atoms with Crippen molar-refractivity contribution in [3.63, 3.8) is 0 Å². The fraction of sp³-hybridized carbons (Fsp3) is 0.900. The molecule has 0 aromatic rings. The van der Waals surface area contributed by atoms with Crippen LogP contribution in [0.2, 0.25) is 0 Å². The maximum atomic E-state index is 4.52. The number of hydrogen-bond acceptors (Lipinski definition) is 3. The molecule has 3 heteroatoms. The van der Waals surface area contributed by atoms with Gasteiger partial charge in [-0.05, 0) is 17.8 Å². The minimum Gasteiger partial charge on any atom is -0.362 e. The third kappa shape index (κ3) is 2.19. The van der Waals surface area contributed by atoms with Gasteiger partial charge in [0.2, 0.25) is 0 Å². The van der Waals surface area contributed by atoms with E-state index in [2.05, 4.69) is 31.1 Å². The van der Waals surface area contributed by atoms with Crippen molar-refractivity contribution in [1.82, 2.24) is 5.32 Å². The summed E-state index contributed by atoms with van der Waals surface area (Å²) in [6.07, 6.45) is 1.29. The Morgan fingerprint density at radius 3 is 2.69 bits per heavy atom. The highest BCUT2D eigenvalue weighted by Gasteiger charge is 2.46. The van der Waals surface area contributed by atoms with E-state index in [0.717, 1.165) is 12.5 Å². The molecule has 74 valence electrons. The van der Waals surface area contributed by atoms with Crippen LogP contribution in [0, 0.1) is 11.3 Å². The van der Waals surface area contributed by atoms with Crippen LogP contribution in [0.15, 0.2) is 4.99 Å². The van der Waals surface area contributed by atoms with Gasteiger partial charge in [-0.2, -0.15) is 0 Å². The molecule has 1 N–H and O–H groups in total. The summed E-state index contributed by atoms with van der Waals surface area (Å²) in [5, 5.41) is 4.69. The minimum atomic E-state index is 0.506. The Bertz CT molecular complexity index is 235. The predicted octanol–water partition coefficient (Wildman–Crippen LogP) is 2.11. The standard InChI is InChI=1S/C10H18N2S/c1-7-5-11-9(13-6-7)12-8-4-10(8,2)3/h7-8H,4-6H2,1-3H3,(H,11,12). The molecule has 1 saturated carbocycles. The first-order chi connectivity index (χ1) is 6.08. The first-order valence-electron chi connectivity index (χ1n) is 5.02. The molecule has 1 heterocycles. The first-order valence-corrected chi connectivity index (χ1v) is 6.00. The fourth-order valence-corrected chi connectivity index (χ4v) is 2.45. The number of amidine groups is 1. The summed E-state index contributed by atoms with van der Waals surface area (Å²) in [6.45, 7) is 7.87. The van der Waals surface area contributed by atoms with Crippen LogP contribution in [-0.4, -0.2) is 23.5 Å². The molecule has 13 heavy (non-hydrogen) atoms. The Morgan fingerprint density at radius 1 is 1.54 bits per heavy atom. The molecule has 2 rings (SSSR count). The highest BCUT2D eigenvalue weighted by atomic mass is 32.2. The first kappa shape index (κ1) is 9.38. The topological polar surface area (TPSA) is 24.4 Å². The van der Waals surface area contributed by atoms with Crippen LogP contribution in [0.3, 0.4) is 0 Å². The van der Waals surface area contributed by atoms with Crippen LogP contribution in [0.1, 0.15) is 27.2 Å². The molecule has 0 bridgehead atoms. The van der Waals surface area contributed by atoms with Gasteiger partial charge in [0.25, 0.3) is 0 Å². The largest absolute Gasteiger partial charge is 0.362 e. The molecule has 0 aromatic heterocycles. The molecule has 2 unspecified atom stereocenters. The average Bonchev–Trinajstić information content (AvgIpc) is 2.64. The average molecular weight is 198 g/mol. The number of nitrogens with one attached hydrogen (secondary N) is 1. The number of rotatable bonds is 1. The summed E-state index contributed by atoms with van der Waals surface area (Å²) < 4.78 is 0. The van der Waals surface area contributed by atoms with Gasteiger partial charge in [0.1, 0.15) is 0 Å². The Hall–Kier alpha value is -0.180. The SMILES string of the molecule is CC1CN=C(NC2CC2(C)C)SC1. The van der Waals surface area contributed by atoms with Crippen molar-refractivity contribution in [3.8, 4) is 0 Å². The summed E-state index contributed by atoms with van der Waals surface area (Å²) in [4.78, 5) is 4.52. The molecule has 0 aromatic carbocycles. The van der Waals surface area contributed by atoms with Gasteiger partial charge in [0.15, 0.2) is 5.17 Å². The van der Waals surface area contributed by atoms with E-state index in [1.54, 1.807) is 0 Å². The Kier molecular flexibility index (Phi) is 2.30. The molecule has 2 atom stereocenters. The number of nitrogens with zero attached hydrogens (tertiary/aromatic N) is 1. The molecule has 1 fully saturated rings. The fourth-order valence-electron chi connectivity index (χ4n) is 1.51. The van der Waals surface area contributed by atoms with Gasteiger partial charge in [-0.3, -0.25) is 4.99 Å². The second-order valence-electron chi connectivity index (χ2n) is 4.95. The molecule has 0 amide bonds. The van der Waals surface area contributed by atoms with Crippen LogP contribution in [0.4, 0.5) is 0 Å². The van der Waals surface area contributed by atoms with Gasteiger partial charge in [0, 0.05) is 18.3 Å². The van der Waals surface area contributed by atoms with Crippen molar-refractivity contribution in [2.75, 3.05) is 12.3 Å². The smallest absolute Gasteiger partial charge is 0.156 e. The Labute approximate surface area is 84.6 Å². The number of thioether (sulfide) groups is 1. The lowest BCUT2D eigenvalue weighted by Gasteiger charge is -2.18. The van der Waals surface area contributed by atoms with E-state index in [4.69, 9.17) is 0 Å². The van der Waals surface area contributed by atoms with Gasteiger partial charge in [0.05, 0.1) is 0 Å². The van der Waals surface area contributed by atoms with E-state index in [1.165, 1.54) is 17.3 Å². The maximum absolute atomic E-state index is 4.52. The second kappa shape index (κ2) is 3.19. The van der Waals surface area contributed by atoms with Crippen LogP contribution in [0.5, 0.6) is 0 Å². The summed E-state index contributed by atoms with van der Waals surface area (Å²) in [5.74, 6) is 1.97. The summed E-state index contributed by atoms with van der Waals surface area (Å²) in [6, 6.07) is 0.673. The second-order valence-corrected chi connectivity index (χ2v) is 5.96. The van der Waals surface area contributed by atoms with Crippen molar-refractivity contribution in [3.05, 3.63) is 0 Å². The molecule has 1 aliphatic carbocycles. The van der Waals surface area contributed by atoms with E-state index in [0.29, 0.717) is 11.5 Å². The lowest BCUT2D eigenvalue weighted by molar-refractivity contribution is 0.593. The van der Waals surface area contributed by atoms with Crippen molar-refractivity contribution in [1.29, 1.82) is 0 Å². The highest BCUT2D eigenvalue weighted by molar-refractivity contribution is 8.13. The van der Waals surface area contributed by atoms with Crippen molar-refractivity contribution >= 4 is 16.9 Å². The van der Waals surface area contributed by atoms with E-state index in [9.17, 15) is 0 Å². The van der Waals surface area contributed by atoms with E-state index in [1.807, 2.05) is 11.8 Å². The molecule has 2 nitrogen and oxygen atoms in total. The summed E-state index contributed by atoms with van der Waals surface area (Å²) >= 11 is 1.88. The van der Waals surface area contributed by atoms with Crippen molar-refractivity contribution in [2.45, 2.75) is 33.2 Å². The van der Waals surface area contributed by atoms with E-state index < -0.39 is 0 Å². The Balaban J connectivity index is 1.83. The monoisotopic (exact) mass is 198 g/mol. The van der Waals surface area contributed by atoms with Gasteiger partial charge in [-0.1, -0.05) is 32.5 Å². The molecular weight excluding hydrogens is 180 g/mol. The lowest BCUT2D eigenvalue weighted by Crippen LogP contribution is -2.29. The van der Waals surface area contributed by atoms with Crippen molar-refractivity contribution < 1.29 is 0 Å². The zero-order valence-corrected chi connectivity index (χ0v) is 9.45. The van der Waals surface area contributed by atoms with E-state index >= 15 is 0 Å². The maximum Gasteiger partial charge on any atom is 0.156 e. The molecule has 1 aliphatic heterocycles. The molecular formula is C10H18N2S. The number of aliphatic imine (C=N–C) groups is 1. The molecule has 0 spiro atoms. The molecule has 0 radical (unpaired) electrons.